The molecule has 132 valence electrons. The molecule has 0 spiro atoms. The van der Waals surface area contributed by atoms with E-state index in [9.17, 15) is 10.1 Å². The van der Waals surface area contributed by atoms with Crippen LogP contribution in [0.5, 0.6) is 5.75 Å². The van der Waals surface area contributed by atoms with E-state index in [-0.39, 0.29) is 18.4 Å². The number of non-ortho nitro benzene ring substituents is 1. The van der Waals surface area contributed by atoms with Crippen LogP contribution in [0.3, 0.4) is 0 Å². The molecule has 0 heterocycles. The third kappa shape index (κ3) is 5.86. The molecule has 0 aromatic heterocycles. The van der Waals surface area contributed by atoms with Crippen molar-refractivity contribution in [3.63, 3.8) is 0 Å². The summed E-state index contributed by atoms with van der Waals surface area (Å²) in [5.41, 5.74) is 1.57. The third-order valence-corrected chi connectivity index (χ3v) is 4.11. The first-order chi connectivity index (χ1) is 12.0. The lowest BCUT2D eigenvalue weighted by atomic mass is 10.2. The minimum Gasteiger partial charge on any atom is -0.490 e. The first kappa shape index (κ1) is 18.9. The van der Waals surface area contributed by atoms with Crippen LogP contribution in [0, 0.1) is 10.1 Å². The fraction of sp³-hybridized carbons (Fsp3) is 0.278. The fourth-order valence-corrected chi connectivity index (χ4v) is 2.45. The van der Waals surface area contributed by atoms with Gasteiger partial charge in [-0.3, -0.25) is 10.1 Å². The Balaban J connectivity index is 1.93. The van der Waals surface area contributed by atoms with Crippen LogP contribution in [0.2, 0.25) is 0 Å². The van der Waals surface area contributed by atoms with E-state index >= 15 is 0 Å². The van der Waals surface area contributed by atoms with E-state index in [1.54, 1.807) is 18.3 Å². The lowest BCUT2D eigenvalue weighted by Gasteiger charge is -2.14. The monoisotopic (exact) mass is 406 g/mol. The van der Waals surface area contributed by atoms with Crippen LogP contribution in [-0.2, 0) is 11.4 Å². The largest absolute Gasteiger partial charge is 0.490 e. The lowest BCUT2D eigenvalue weighted by molar-refractivity contribution is -0.384. The predicted molar refractivity (Wildman–Crippen MR) is 100 cm³/mol. The molecule has 6 nitrogen and oxygen atoms in total. The van der Waals surface area contributed by atoms with E-state index in [1.165, 1.54) is 12.1 Å². The van der Waals surface area contributed by atoms with Gasteiger partial charge in [-0.2, -0.15) is 0 Å². The van der Waals surface area contributed by atoms with Crippen molar-refractivity contribution in [3.8, 4) is 5.75 Å². The van der Waals surface area contributed by atoms with Crippen molar-refractivity contribution in [2.24, 2.45) is 5.16 Å². The van der Waals surface area contributed by atoms with Crippen LogP contribution in [0.4, 0.5) is 5.69 Å². The molecule has 7 heteroatoms. The molecular formula is C18H19BrN2O4. The number of nitro benzene ring substituents is 1. The number of oxime groups is 1. The summed E-state index contributed by atoms with van der Waals surface area (Å²) in [5, 5.41) is 14.6. The minimum atomic E-state index is -0.437. The zero-order valence-corrected chi connectivity index (χ0v) is 15.6. The van der Waals surface area contributed by atoms with Crippen molar-refractivity contribution in [1.82, 2.24) is 0 Å². The highest BCUT2D eigenvalue weighted by molar-refractivity contribution is 9.10. The second kappa shape index (κ2) is 9.17. The van der Waals surface area contributed by atoms with E-state index < -0.39 is 4.92 Å². The Morgan fingerprint density at radius 3 is 2.80 bits per heavy atom. The van der Waals surface area contributed by atoms with Gasteiger partial charge in [-0.05, 0) is 58.6 Å². The summed E-state index contributed by atoms with van der Waals surface area (Å²) < 4.78 is 6.63. The van der Waals surface area contributed by atoms with E-state index in [4.69, 9.17) is 9.57 Å². The summed E-state index contributed by atoms with van der Waals surface area (Å²) in [7, 11) is 0. The van der Waals surface area contributed by atoms with Crippen molar-refractivity contribution in [2.75, 3.05) is 0 Å². The molecule has 0 saturated heterocycles. The highest BCUT2D eigenvalue weighted by atomic mass is 79.9. The Kier molecular flexibility index (Phi) is 6.94. The summed E-state index contributed by atoms with van der Waals surface area (Å²) in [6, 6.07) is 11.9. The van der Waals surface area contributed by atoms with E-state index in [2.05, 4.69) is 28.0 Å². The molecule has 0 unspecified atom stereocenters. The Bertz CT molecular complexity index is 764. The molecule has 0 radical (unpaired) electrons. The van der Waals surface area contributed by atoms with Gasteiger partial charge >= 0.3 is 0 Å². The maximum atomic E-state index is 10.7. The van der Waals surface area contributed by atoms with Gasteiger partial charge in [-0.25, -0.2) is 0 Å². The van der Waals surface area contributed by atoms with Crippen molar-refractivity contribution in [2.45, 2.75) is 33.0 Å². The zero-order chi connectivity index (χ0) is 18.2. The number of hydrogen-bond donors (Lipinski definition) is 0. The SMILES string of the molecule is CC[C@@H](C)Oc1ccc(/C=N\OCc2cccc([N+](=O)[O-])c2)cc1Br. The number of nitrogens with zero attached hydrogens (tertiary/aromatic N) is 2. The Morgan fingerprint density at radius 1 is 1.32 bits per heavy atom. The molecule has 25 heavy (non-hydrogen) atoms. The molecule has 2 aromatic rings. The van der Waals surface area contributed by atoms with E-state index in [1.807, 2.05) is 25.1 Å². The average Bonchev–Trinajstić information content (AvgIpc) is 2.61. The summed E-state index contributed by atoms with van der Waals surface area (Å²) >= 11 is 3.48. The zero-order valence-electron chi connectivity index (χ0n) is 14.0. The highest BCUT2D eigenvalue weighted by Crippen LogP contribution is 2.27. The molecule has 2 aromatic carbocycles. The molecule has 0 saturated carbocycles. The van der Waals surface area contributed by atoms with Gasteiger partial charge in [-0.15, -0.1) is 0 Å². The second-order valence-electron chi connectivity index (χ2n) is 5.46. The molecule has 0 N–H and O–H groups in total. The number of halogens is 1. The Hall–Kier alpha value is -2.41. The summed E-state index contributed by atoms with van der Waals surface area (Å²) in [6.45, 7) is 4.25. The fourth-order valence-electron chi connectivity index (χ4n) is 1.96. The van der Waals surface area contributed by atoms with Crippen molar-refractivity contribution in [3.05, 3.63) is 68.2 Å². The summed E-state index contributed by atoms with van der Waals surface area (Å²) in [5.74, 6) is 0.781. The topological polar surface area (TPSA) is 74.0 Å². The summed E-state index contributed by atoms with van der Waals surface area (Å²) in [4.78, 5) is 15.5. The first-order valence-electron chi connectivity index (χ1n) is 7.84. The van der Waals surface area contributed by atoms with Crippen molar-refractivity contribution >= 4 is 27.8 Å². The van der Waals surface area contributed by atoms with Crippen LogP contribution in [0.15, 0.2) is 52.1 Å². The third-order valence-electron chi connectivity index (χ3n) is 3.49. The average molecular weight is 407 g/mol. The second-order valence-corrected chi connectivity index (χ2v) is 6.32. The highest BCUT2D eigenvalue weighted by Gasteiger charge is 2.07. The van der Waals surface area contributed by atoms with Gasteiger partial charge in [-0.1, -0.05) is 24.2 Å². The van der Waals surface area contributed by atoms with Gasteiger partial charge in [0.1, 0.15) is 12.4 Å². The smallest absolute Gasteiger partial charge is 0.269 e. The molecule has 0 fully saturated rings. The predicted octanol–water partition coefficient (Wildman–Crippen LogP) is 5.09. The van der Waals surface area contributed by atoms with E-state index in [0.717, 1.165) is 22.2 Å². The van der Waals surface area contributed by atoms with Gasteiger partial charge in [0.25, 0.3) is 5.69 Å². The molecular weight excluding hydrogens is 388 g/mol. The van der Waals surface area contributed by atoms with E-state index in [0.29, 0.717) is 5.56 Å². The maximum absolute atomic E-state index is 10.7. The molecule has 0 bridgehead atoms. The molecule has 0 aliphatic carbocycles. The Labute approximate surface area is 154 Å². The lowest BCUT2D eigenvalue weighted by Crippen LogP contribution is -2.10. The molecule has 1 atom stereocenters. The normalized spacial score (nSPS) is 12.1. The van der Waals surface area contributed by atoms with Crippen molar-refractivity contribution in [1.29, 1.82) is 0 Å². The standard InChI is InChI=1S/C18H19BrN2O4/c1-3-13(2)25-18-8-7-14(10-17(18)19)11-20-24-12-15-5-4-6-16(9-15)21(22)23/h4-11,13H,3,12H2,1-2H3/b20-11-/t13-/m1/s1. The number of rotatable bonds is 8. The quantitative estimate of drug-likeness (QED) is 0.347. The van der Waals surface area contributed by atoms with Gasteiger partial charge in [0.2, 0.25) is 0 Å². The minimum absolute atomic E-state index is 0.0332. The molecule has 2 rings (SSSR count). The van der Waals surface area contributed by atoms with Crippen LogP contribution >= 0.6 is 15.9 Å². The van der Waals surface area contributed by atoms with Gasteiger partial charge in [0.05, 0.1) is 21.7 Å². The number of ether oxygens (including phenoxy) is 1. The van der Waals surface area contributed by atoms with Crippen molar-refractivity contribution < 1.29 is 14.5 Å². The molecule has 0 amide bonds. The molecule has 0 aliphatic heterocycles. The number of hydrogen-bond acceptors (Lipinski definition) is 5. The van der Waals surface area contributed by atoms with Gasteiger partial charge in [0.15, 0.2) is 0 Å². The Morgan fingerprint density at radius 2 is 2.12 bits per heavy atom. The molecule has 0 aliphatic rings. The van der Waals surface area contributed by atoms with Crippen LogP contribution in [0.1, 0.15) is 31.4 Å². The van der Waals surface area contributed by atoms with Gasteiger partial charge in [0, 0.05) is 12.1 Å². The number of benzene rings is 2. The first-order valence-corrected chi connectivity index (χ1v) is 8.63. The number of nitro groups is 1. The van der Waals surface area contributed by atoms with Crippen LogP contribution in [0.25, 0.3) is 0 Å². The maximum Gasteiger partial charge on any atom is 0.269 e. The summed E-state index contributed by atoms with van der Waals surface area (Å²) in [6.07, 6.45) is 2.66. The van der Waals surface area contributed by atoms with Crippen LogP contribution < -0.4 is 4.74 Å². The van der Waals surface area contributed by atoms with Gasteiger partial charge < -0.3 is 9.57 Å². The van der Waals surface area contributed by atoms with Crippen LogP contribution in [-0.4, -0.2) is 17.2 Å².